The lowest BCUT2D eigenvalue weighted by Gasteiger charge is -2.44. The summed E-state index contributed by atoms with van der Waals surface area (Å²) in [5, 5.41) is 5.42. The summed E-state index contributed by atoms with van der Waals surface area (Å²) < 4.78 is 5.59. The van der Waals surface area contributed by atoms with Gasteiger partial charge in [0, 0.05) is 81.0 Å². The van der Waals surface area contributed by atoms with E-state index in [-0.39, 0.29) is 39.3 Å². The predicted octanol–water partition coefficient (Wildman–Crippen LogP) is 18.2. The molecule has 0 unspecified atom stereocenters. The number of hydrogen-bond donors (Lipinski definition) is 0. The van der Waals surface area contributed by atoms with Gasteiger partial charge in [0.05, 0.1) is 5.69 Å². The highest BCUT2D eigenvalue weighted by Gasteiger charge is 2.55. The van der Waals surface area contributed by atoms with Gasteiger partial charge in [0.15, 0.2) is 0 Å². The minimum Gasteiger partial charge on any atom is -0.376 e. The Kier molecular flexibility index (Phi) is 9.03. The second-order valence-electron chi connectivity index (χ2n) is 26.9. The van der Waals surface area contributed by atoms with Crippen molar-refractivity contribution < 1.29 is 0 Å². The molecule has 0 radical (unpaired) electrons. The summed E-state index contributed by atoms with van der Waals surface area (Å²) in [6.45, 7) is 36.4. The van der Waals surface area contributed by atoms with E-state index in [1.165, 1.54) is 144 Å². The van der Waals surface area contributed by atoms with Crippen molar-refractivity contribution in [2.75, 3.05) is 4.90 Å². The Morgan fingerprint density at radius 2 is 1.11 bits per heavy atom. The second kappa shape index (κ2) is 14.2. The molecule has 71 heavy (non-hydrogen) atoms. The average molecular weight is 945 g/mol. The fourth-order valence-corrected chi connectivity index (χ4v) is 14.8. The van der Waals surface area contributed by atoms with Gasteiger partial charge in [0.25, 0.3) is 0 Å². The minimum absolute atomic E-state index is 0.00240. The zero-order valence-electron chi connectivity index (χ0n) is 44.8. The third kappa shape index (κ3) is 6.19. The van der Waals surface area contributed by atoms with Crippen molar-refractivity contribution in [3.63, 3.8) is 0 Å². The molecule has 2 nitrogen and oxygen atoms in total. The molecular weight excluding hydrogens is 876 g/mol. The minimum atomic E-state index is -0.320. The van der Waals surface area contributed by atoms with E-state index in [1.54, 1.807) is 0 Å². The Balaban J connectivity index is 1.27. The molecule has 0 bridgehead atoms. The molecule has 0 N–H and O–H groups in total. The maximum atomic E-state index is 2.85. The molecular formula is C67H69BN2S. The normalized spacial score (nSPS) is 17.6. The van der Waals surface area contributed by atoms with Crippen molar-refractivity contribution in [1.29, 1.82) is 0 Å². The maximum Gasteiger partial charge on any atom is 0.329 e. The van der Waals surface area contributed by atoms with Crippen LogP contribution in [0, 0.1) is 0 Å². The number of benzene rings is 7. The molecule has 0 atom stereocenters. The lowest BCUT2D eigenvalue weighted by Crippen LogP contribution is -2.52. The van der Waals surface area contributed by atoms with E-state index in [4.69, 9.17) is 0 Å². The molecule has 0 fully saturated rings. The van der Waals surface area contributed by atoms with Gasteiger partial charge in [-0.25, -0.2) is 0 Å². The van der Waals surface area contributed by atoms with E-state index in [2.05, 4.69) is 235 Å². The molecule has 0 spiro atoms. The molecule has 13 rings (SSSR count). The Labute approximate surface area is 426 Å². The second-order valence-corrected chi connectivity index (χ2v) is 27.9. The van der Waals surface area contributed by atoms with E-state index in [0.29, 0.717) is 0 Å². The summed E-state index contributed by atoms with van der Waals surface area (Å²) in [6, 6.07) is 48.5. The Morgan fingerprint density at radius 1 is 0.507 bits per heavy atom. The average Bonchev–Trinajstić information content (AvgIpc) is 3.93. The summed E-state index contributed by atoms with van der Waals surface area (Å²) in [6.07, 6.45) is 2.36. The van der Waals surface area contributed by atoms with Crippen LogP contribution >= 0.6 is 11.3 Å². The predicted molar refractivity (Wildman–Crippen MR) is 310 cm³/mol. The summed E-state index contributed by atoms with van der Waals surface area (Å²) in [7, 11) is 0. The first-order chi connectivity index (χ1) is 33.4. The SMILES string of the molecule is CC(C)(C)c1ccc(N2C3=C(B4c5c2cc2c(sc6ccccc62)c5-c2cc(C(C)(C)C)cc5c6cc(C(C)(C)C)ccc6n4c25)C(C)(C)c2cc4c(cc23)C(C)(C)CCC4(C)C)c(-c2ccccc2)c1. The van der Waals surface area contributed by atoms with Crippen LogP contribution in [0.25, 0.3) is 69.9 Å². The highest BCUT2D eigenvalue weighted by Crippen LogP contribution is 2.61. The first-order valence-corrected chi connectivity index (χ1v) is 27.2. The van der Waals surface area contributed by atoms with Crippen molar-refractivity contribution in [1.82, 2.24) is 4.48 Å². The van der Waals surface area contributed by atoms with Crippen molar-refractivity contribution in [2.24, 2.45) is 0 Å². The van der Waals surface area contributed by atoms with Crippen LogP contribution in [0.5, 0.6) is 0 Å². The number of allylic oxidation sites excluding steroid dienone is 1. The van der Waals surface area contributed by atoms with Crippen LogP contribution in [0.1, 0.15) is 156 Å². The summed E-state index contributed by atoms with van der Waals surface area (Å²) >= 11 is 1.99. The Hall–Kier alpha value is -5.84. The maximum absolute atomic E-state index is 2.85. The van der Waals surface area contributed by atoms with E-state index in [1.807, 2.05) is 11.3 Å². The lowest BCUT2D eigenvalue weighted by atomic mass is 9.40. The number of thiophene rings is 1. The molecule has 0 amide bonds. The van der Waals surface area contributed by atoms with Crippen LogP contribution in [-0.4, -0.2) is 11.3 Å². The van der Waals surface area contributed by atoms with E-state index in [0.717, 1.165) is 0 Å². The van der Waals surface area contributed by atoms with Gasteiger partial charge in [-0.05, 0) is 144 Å². The zero-order chi connectivity index (χ0) is 49.9. The summed E-state index contributed by atoms with van der Waals surface area (Å²) in [5.41, 5.74) is 24.6. The molecule has 0 saturated carbocycles. The third-order valence-electron chi connectivity index (χ3n) is 17.9. The number of rotatable bonds is 2. The Bertz CT molecular complexity index is 3850. The highest BCUT2D eigenvalue weighted by atomic mass is 32.1. The first kappa shape index (κ1) is 45.1. The summed E-state index contributed by atoms with van der Waals surface area (Å²) in [5.74, 6) is 0. The van der Waals surface area contributed by atoms with Crippen LogP contribution in [0.2, 0.25) is 0 Å². The molecule has 4 heteroatoms. The quantitative estimate of drug-likeness (QED) is 0.157. The molecule has 4 heterocycles. The van der Waals surface area contributed by atoms with Gasteiger partial charge in [-0.3, -0.25) is 0 Å². The van der Waals surface area contributed by atoms with E-state index in [9.17, 15) is 0 Å². The zero-order valence-corrected chi connectivity index (χ0v) is 45.7. The number of hydrogen-bond acceptors (Lipinski definition) is 2. The monoisotopic (exact) mass is 945 g/mol. The third-order valence-corrected chi connectivity index (χ3v) is 19.1. The molecule has 4 aliphatic rings. The molecule has 2 aromatic heterocycles. The summed E-state index contributed by atoms with van der Waals surface area (Å²) in [4.78, 5) is 2.80. The number of fused-ring (bicyclic) bond motifs is 13. The first-order valence-electron chi connectivity index (χ1n) is 26.4. The largest absolute Gasteiger partial charge is 0.376 e. The van der Waals surface area contributed by atoms with Crippen LogP contribution in [0.15, 0.2) is 127 Å². The van der Waals surface area contributed by atoms with Gasteiger partial charge in [-0.2, -0.15) is 0 Å². The van der Waals surface area contributed by atoms with Gasteiger partial charge in [0.2, 0.25) is 0 Å². The van der Waals surface area contributed by atoms with E-state index < -0.39 is 0 Å². The fraction of sp³-hybridized carbons (Fsp3) is 0.343. The number of aromatic nitrogens is 1. The van der Waals surface area contributed by atoms with E-state index >= 15 is 0 Å². The number of anilines is 2. The van der Waals surface area contributed by atoms with Crippen LogP contribution in [0.4, 0.5) is 11.4 Å². The van der Waals surface area contributed by atoms with Crippen molar-refractivity contribution >= 4 is 82.7 Å². The molecule has 2 aliphatic carbocycles. The molecule has 9 aromatic rings. The van der Waals surface area contributed by atoms with Crippen molar-refractivity contribution in [3.05, 3.63) is 166 Å². The van der Waals surface area contributed by atoms with Crippen LogP contribution in [0.3, 0.4) is 0 Å². The smallest absolute Gasteiger partial charge is 0.329 e. The van der Waals surface area contributed by atoms with Gasteiger partial charge < -0.3 is 9.38 Å². The number of nitrogens with zero attached hydrogens (tertiary/aromatic N) is 2. The standard InChI is InChI=1S/C67H69BN2S/c1-62(2,3)39-25-27-52(43(31-39)38-21-17-16-18-22-38)69-54-36-46-42-23-19-20-24-55(42)71-60(46)56-48-34-41(64(7,8)9)33-45-44-32-40(63(4,5)6)26-28-53(44)70(58(45)48)68(57(54)56)61-59(69)47-35-50-51(37-49(47)67(61,14)15)66(12,13)30-29-65(50,10)11/h16-28,31-37H,29-30H2,1-15H3. The van der Waals surface area contributed by atoms with Gasteiger partial charge >= 0.3 is 6.85 Å². The van der Waals surface area contributed by atoms with Gasteiger partial charge in [-0.15, -0.1) is 11.3 Å². The fourth-order valence-electron chi connectivity index (χ4n) is 13.6. The highest BCUT2D eigenvalue weighted by molar-refractivity contribution is 7.26. The van der Waals surface area contributed by atoms with Crippen LogP contribution < -0.4 is 10.4 Å². The van der Waals surface area contributed by atoms with Crippen molar-refractivity contribution in [2.45, 2.75) is 149 Å². The lowest BCUT2D eigenvalue weighted by molar-refractivity contribution is 0.331. The van der Waals surface area contributed by atoms with Gasteiger partial charge in [-0.1, -0.05) is 171 Å². The van der Waals surface area contributed by atoms with Crippen LogP contribution in [-0.2, 0) is 32.5 Å². The van der Waals surface area contributed by atoms with Gasteiger partial charge in [0.1, 0.15) is 0 Å². The van der Waals surface area contributed by atoms with Crippen molar-refractivity contribution in [3.8, 4) is 22.3 Å². The Morgan fingerprint density at radius 3 is 1.80 bits per heavy atom. The molecule has 356 valence electrons. The molecule has 0 saturated heterocycles. The topological polar surface area (TPSA) is 8.17 Å². The molecule has 7 aromatic carbocycles. The molecule has 2 aliphatic heterocycles.